The predicted molar refractivity (Wildman–Crippen MR) is 101 cm³/mol. The van der Waals surface area contributed by atoms with Crippen LogP contribution in [0, 0.1) is 11.8 Å². The molecule has 4 aliphatic heterocycles. The fraction of sp³-hybridized carbons (Fsp3) is 0.500. The predicted octanol–water partition coefficient (Wildman–Crippen LogP) is 0.494. The number of rotatable bonds is 2. The number of hydrogen-bond acceptors (Lipinski definition) is 5. The Morgan fingerprint density at radius 2 is 1.79 bits per heavy atom. The maximum Gasteiger partial charge on any atom is 0.407 e. The van der Waals surface area contributed by atoms with Gasteiger partial charge in [0.15, 0.2) is 0 Å². The Hall–Kier alpha value is -3.10. The number of piperidine rings is 1. The molecule has 9 heteroatoms. The molecule has 2 N–H and O–H groups in total. The molecule has 29 heavy (non-hydrogen) atoms. The minimum absolute atomic E-state index is 0.170. The third-order valence-corrected chi connectivity index (χ3v) is 6.63. The first-order chi connectivity index (χ1) is 13.9. The molecular formula is C20H22N4O5. The molecule has 3 saturated heterocycles. The van der Waals surface area contributed by atoms with Gasteiger partial charge in [0.1, 0.15) is 6.04 Å². The highest BCUT2D eigenvalue weighted by molar-refractivity contribution is 6.05. The first-order valence-electron chi connectivity index (χ1n) is 9.91. The molecule has 4 heterocycles. The van der Waals surface area contributed by atoms with Crippen LogP contribution in [-0.2, 0) is 16.1 Å². The SMILES string of the molecule is O=C1CCC(N2Cc3cc(N4C[C@H]5CN(C(=O)O)C[C@H]5C4)ccc3C2=O)C(=O)N1. The first kappa shape index (κ1) is 18.0. The largest absolute Gasteiger partial charge is 0.465 e. The Balaban J connectivity index is 1.30. The fourth-order valence-electron chi connectivity index (χ4n) is 5.12. The average Bonchev–Trinajstić information content (AvgIpc) is 3.33. The van der Waals surface area contributed by atoms with Crippen LogP contribution in [0.4, 0.5) is 10.5 Å². The van der Waals surface area contributed by atoms with Gasteiger partial charge in [-0.25, -0.2) is 4.79 Å². The minimum atomic E-state index is -0.851. The maximum absolute atomic E-state index is 12.8. The van der Waals surface area contributed by atoms with Crippen molar-refractivity contribution in [1.82, 2.24) is 15.1 Å². The Kier molecular flexibility index (Phi) is 4.01. The highest BCUT2D eigenvalue weighted by Gasteiger charge is 2.43. The van der Waals surface area contributed by atoms with Crippen molar-refractivity contribution in [2.75, 3.05) is 31.1 Å². The summed E-state index contributed by atoms with van der Waals surface area (Å²) in [6.45, 7) is 3.12. The summed E-state index contributed by atoms with van der Waals surface area (Å²) in [7, 11) is 0. The van der Waals surface area contributed by atoms with Crippen molar-refractivity contribution < 1.29 is 24.3 Å². The third kappa shape index (κ3) is 2.92. The van der Waals surface area contributed by atoms with Gasteiger partial charge in [-0.1, -0.05) is 0 Å². The van der Waals surface area contributed by atoms with Gasteiger partial charge in [0.05, 0.1) is 0 Å². The average molecular weight is 398 g/mol. The highest BCUT2D eigenvalue weighted by Crippen LogP contribution is 2.36. The number of hydrogen-bond donors (Lipinski definition) is 2. The monoisotopic (exact) mass is 398 g/mol. The molecule has 0 radical (unpaired) electrons. The number of nitrogens with one attached hydrogen (secondary N) is 1. The molecular weight excluding hydrogens is 376 g/mol. The van der Waals surface area contributed by atoms with E-state index in [1.807, 2.05) is 18.2 Å². The number of carboxylic acid groups (broad SMARTS) is 1. The minimum Gasteiger partial charge on any atom is -0.465 e. The topological polar surface area (TPSA) is 110 Å². The van der Waals surface area contributed by atoms with Crippen molar-refractivity contribution in [3.63, 3.8) is 0 Å². The molecule has 0 saturated carbocycles. The summed E-state index contributed by atoms with van der Waals surface area (Å²) in [4.78, 5) is 52.8. The van der Waals surface area contributed by atoms with E-state index < -0.39 is 18.0 Å². The lowest BCUT2D eigenvalue weighted by atomic mass is 10.0. The summed E-state index contributed by atoms with van der Waals surface area (Å²) in [6.07, 6.45) is -0.256. The Labute approximate surface area is 167 Å². The van der Waals surface area contributed by atoms with Crippen LogP contribution in [0.1, 0.15) is 28.8 Å². The normalized spacial score (nSPS) is 28.6. The maximum atomic E-state index is 12.8. The Morgan fingerprint density at radius 1 is 1.07 bits per heavy atom. The van der Waals surface area contributed by atoms with Crippen LogP contribution in [0.3, 0.4) is 0 Å². The molecule has 152 valence electrons. The van der Waals surface area contributed by atoms with E-state index in [1.165, 1.54) is 4.90 Å². The summed E-state index contributed by atoms with van der Waals surface area (Å²) in [6, 6.07) is 5.15. The van der Waals surface area contributed by atoms with Gasteiger partial charge < -0.3 is 19.8 Å². The second kappa shape index (κ2) is 6.47. The Morgan fingerprint density at radius 3 is 2.45 bits per heavy atom. The van der Waals surface area contributed by atoms with Gasteiger partial charge in [0.25, 0.3) is 5.91 Å². The van der Waals surface area contributed by atoms with E-state index in [1.54, 1.807) is 4.90 Å². The van der Waals surface area contributed by atoms with E-state index in [0.717, 1.165) is 24.3 Å². The van der Waals surface area contributed by atoms with Gasteiger partial charge in [-0.05, 0) is 30.2 Å². The van der Waals surface area contributed by atoms with Crippen LogP contribution in [0.2, 0.25) is 0 Å². The summed E-state index contributed by atoms with van der Waals surface area (Å²) in [5.74, 6) is -0.199. The van der Waals surface area contributed by atoms with Crippen molar-refractivity contribution in [3.8, 4) is 0 Å². The number of anilines is 1. The number of benzene rings is 1. The molecule has 1 aromatic rings. The second-order valence-corrected chi connectivity index (χ2v) is 8.35. The van der Waals surface area contributed by atoms with Crippen LogP contribution >= 0.6 is 0 Å². The van der Waals surface area contributed by atoms with E-state index in [-0.39, 0.29) is 18.2 Å². The molecule has 3 fully saturated rings. The van der Waals surface area contributed by atoms with Gasteiger partial charge in [0.2, 0.25) is 11.8 Å². The van der Waals surface area contributed by atoms with Crippen molar-refractivity contribution in [2.24, 2.45) is 11.8 Å². The zero-order valence-corrected chi connectivity index (χ0v) is 15.8. The zero-order valence-electron chi connectivity index (χ0n) is 15.8. The van der Waals surface area contributed by atoms with Crippen LogP contribution in [0.5, 0.6) is 0 Å². The van der Waals surface area contributed by atoms with Crippen LogP contribution in [-0.4, -0.2) is 70.9 Å². The third-order valence-electron chi connectivity index (χ3n) is 6.63. The van der Waals surface area contributed by atoms with Crippen molar-refractivity contribution in [1.29, 1.82) is 0 Å². The molecule has 0 aromatic heterocycles. The molecule has 0 bridgehead atoms. The lowest BCUT2D eigenvalue weighted by Gasteiger charge is -2.29. The number of fused-ring (bicyclic) bond motifs is 2. The fourth-order valence-corrected chi connectivity index (χ4v) is 5.12. The number of carbonyl (C=O) groups excluding carboxylic acids is 3. The molecule has 9 nitrogen and oxygen atoms in total. The van der Waals surface area contributed by atoms with E-state index >= 15 is 0 Å². The lowest BCUT2D eigenvalue weighted by Crippen LogP contribution is -2.52. The summed E-state index contributed by atoms with van der Waals surface area (Å²) < 4.78 is 0. The van der Waals surface area contributed by atoms with Crippen molar-refractivity contribution in [3.05, 3.63) is 29.3 Å². The number of nitrogens with zero attached hydrogens (tertiary/aromatic N) is 3. The second-order valence-electron chi connectivity index (χ2n) is 8.35. The highest BCUT2D eigenvalue weighted by atomic mass is 16.4. The van der Waals surface area contributed by atoms with Crippen LogP contribution in [0.15, 0.2) is 18.2 Å². The quantitative estimate of drug-likeness (QED) is 0.702. The standard InChI is InChI=1S/C20H22N4O5/c25-17-4-3-16(18(26)21-17)24-10-11-5-14(1-2-15(11)19(24)27)22-6-12-8-23(20(28)29)9-13(12)7-22/h1-2,5,12-13,16H,3-4,6-10H2,(H,28,29)(H,21,25,26)/t12-,13+,16?. The molecule has 4 aliphatic rings. The van der Waals surface area contributed by atoms with E-state index in [0.29, 0.717) is 43.5 Å². The molecule has 5 rings (SSSR count). The van der Waals surface area contributed by atoms with E-state index in [9.17, 15) is 24.3 Å². The van der Waals surface area contributed by atoms with Crippen molar-refractivity contribution >= 4 is 29.5 Å². The van der Waals surface area contributed by atoms with Crippen LogP contribution in [0.25, 0.3) is 0 Å². The molecule has 3 atom stereocenters. The summed E-state index contributed by atoms with van der Waals surface area (Å²) in [5, 5.41) is 11.5. The van der Waals surface area contributed by atoms with Crippen molar-refractivity contribution in [2.45, 2.75) is 25.4 Å². The van der Waals surface area contributed by atoms with Gasteiger partial charge in [-0.15, -0.1) is 0 Å². The molecule has 0 spiro atoms. The van der Waals surface area contributed by atoms with Gasteiger partial charge >= 0.3 is 6.09 Å². The molecule has 0 aliphatic carbocycles. The van der Waals surface area contributed by atoms with Gasteiger partial charge in [-0.3, -0.25) is 19.7 Å². The number of likely N-dealkylation sites (tertiary alicyclic amines) is 1. The van der Waals surface area contributed by atoms with Gasteiger partial charge in [-0.2, -0.15) is 0 Å². The number of carbonyl (C=O) groups is 4. The number of imide groups is 1. The Bertz CT molecular complexity index is 917. The molecule has 4 amide bonds. The van der Waals surface area contributed by atoms with Gasteiger partial charge in [0, 0.05) is 62.2 Å². The first-order valence-corrected chi connectivity index (χ1v) is 9.91. The zero-order chi connectivity index (χ0) is 20.3. The lowest BCUT2D eigenvalue weighted by molar-refractivity contribution is -0.136. The molecule has 1 aromatic carbocycles. The summed E-state index contributed by atoms with van der Waals surface area (Å²) >= 11 is 0. The summed E-state index contributed by atoms with van der Waals surface area (Å²) in [5.41, 5.74) is 2.52. The van der Waals surface area contributed by atoms with Crippen LogP contribution < -0.4 is 10.2 Å². The number of amides is 4. The van der Waals surface area contributed by atoms with E-state index in [2.05, 4.69) is 10.2 Å². The van der Waals surface area contributed by atoms with E-state index in [4.69, 9.17) is 0 Å². The smallest absolute Gasteiger partial charge is 0.407 e. The molecule has 1 unspecified atom stereocenters.